The van der Waals surface area contributed by atoms with Gasteiger partial charge >= 0.3 is 0 Å². The average Bonchev–Trinajstić information content (AvgIpc) is 3.11. The zero-order chi connectivity index (χ0) is 20.1. The fourth-order valence-electron chi connectivity index (χ4n) is 5.52. The number of hydrogen-bond acceptors (Lipinski definition) is 6. The SMILES string of the molecule is C[C@]1(CO)[C@H]2Cc3sc(-c4ccccc4)nc3[C@@H](CC(=O)[O-])[C@]2(C)CC[C@H]1O. The lowest BCUT2D eigenvalue weighted by Crippen LogP contribution is -2.57. The predicted molar refractivity (Wildman–Crippen MR) is 106 cm³/mol. The Labute approximate surface area is 169 Å². The lowest BCUT2D eigenvalue weighted by atomic mass is 9.47. The third-order valence-electron chi connectivity index (χ3n) is 7.29. The van der Waals surface area contributed by atoms with Crippen LogP contribution in [-0.4, -0.2) is 33.9 Å². The summed E-state index contributed by atoms with van der Waals surface area (Å²) < 4.78 is 0. The van der Waals surface area contributed by atoms with Gasteiger partial charge in [-0.3, -0.25) is 0 Å². The second kappa shape index (κ2) is 6.94. The Kier molecular flexibility index (Phi) is 4.84. The Hall–Kier alpha value is -1.76. The number of carboxylic acids is 1. The number of hydrogen-bond donors (Lipinski definition) is 2. The Morgan fingerprint density at radius 3 is 2.68 bits per heavy atom. The minimum absolute atomic E-state index is 0.0188. The number of aromatic nitrogens is 1. The smallest absolute Gasteiger partial charge is 0.123 e. The summed E-state index contributed by atoms with van der Waals surface area (Å²) in [6.07, 6.45) is 1.29. The predicted octanol–water partition coefficient (Wildman–Crippen LogP) is 2.37. The van der Waals surface area contributed by atoms with Crippen molar-refractivity contribution in [3.8, 4) is 10.6 Å². The number of carbonyl (C=O) groups excluding carboxylic acids is 1. The summed E-state index contributed by atoms with van der Waals surface area (Å²) in [6, 6.07) is 9.91. The van der Waals surface area contributed by atoms with Gasteiger partial charge in [0.15, 0.2) is 0 Å². The van der Waals surface area contributed by atoms with Crippen molar-refractivity contribution in [2.24, 2.45) is 16.7 Å². The lowest BCUT2D eigenvalue weighted by molar-refractivity contribution is -0.307. The number of thiazole rings is 1. The topological polar surface area (TPSA) is 93.5 Å². The molecule has 0 saturated heterocycles. The van der Waals surface area contributed by atoms with Crippen molar-refractivity contribution in [2.45, 2.75) is 51.6 Å². The van der Waals surface area contributed by atoms with E-state index in [9.17, 15) is 20.1 Å². The molecule has 1 heterocycles. The van der Waals surface area contributed by atoms with Gasteiger partial charge in [0, 0.05) is 27.7 Å². The summed E-state index contributed by atoms with van der Waals surface area (Å²) in [4.78, 5) is 17.6. The van der Waals surface area contributed by atoms with Gasteiger partial charge in [0.25, 0.3) is 0 Å². The summed E-state index contributed by atoms with van der Waals surface area (Å²) in [5, 5.41) is 33.4. The first-order valence-electron chi connectivity index (χ1n) is 9.83. The molecule has 2 aliphatic carbocycles. The molecule has 0 aliphatic heterocycles. The van der Waals surface area contributed by atoms with E-state index in [2.05, 4.69) is 6.92 Å². The maximum Gasteiger partial charge on any atom is 0.123 e. The molecule has 2 N–H and O–H groups in total. The van der Waals surface area contributed by atoms with Gasteiger partial charge in [0.2, 0.25) is 0 Å². The number of carbonyl (C=O) groups is 1. The third kappa shape index (κ3) is 2.90. The fraction of sp³-hybridized carbons (Fsp3) is 0.545. The normalized spacial score (nSPS) is 34.5. The van der Waals surface area contributed by atoms with E-state index in [1.54, 1.807) is 11.3 Å². The van der Waals surface area contributed by atoms with Crippen LogP contribution in [0.5, 0.6) is 0 Å². The zero-order valence-corrected chi connectivity index (χ0v) is 17.0. The maximum atomic E-state index is 11.6. The average molecular weight is 401 g/mol. The Morgan fingerprint density at radius 1 is 1.32 bits per heavy atom. The van der Waals surface area contributed by atoms with Crippen molar-refractivity contribution in [1.29, 1.82) is 0 Å². The van der Waals surface area contributed by atoms with Crippen LogP contribution in [0.2, 0.25) is 0 Å². The van der Waals surface area contributed by atoms with E-state index in [0.29, 0.717) is 19.3 Å². The number of carboxylic acid groups (broad SMARTS) is 1. The molecule has 1 fully saturated rings. The molecule has 5 atom stereocenters. The highest BCUT2D eigenvalue weighted by atomic mass is 32.1. The Bertz CT molecular complexity index is 882. The first-order chi connectivity index (χ1) is 13.3. The number of aliphatic hydroxyl groups is 2. The highest BCUT2D eigenvalue weighted by Crippen LogP contribution is 2.62. The zero-order valence-electron chi connectivity index (χ0n) is 16.2. The second-order valence-corrected chi connectivity index (χ2v) is 9.89. The molecule has 2 aliphatic rings. The maximum absolute atomic E-state index is 11.6. The molecule has 0 spiro atoms. The van der Waals surface area contributed by atoms with E-state index in [0.717, 1.165) is 21.1 Å². The van der Waals surface area contributed by atoms with Crippen LogP contribution in [0.15, 0.2) is 30.3 Å². The molecule has 6 heteroatoms. The van der Waals surface area contributed by atoms with Crippen molar-refractivity contribution >= 4 is 17.3 Å². The van der Waals surface area contributed by atoms with Gasteiger partial charge in [0.1, 0.15) is 5.01 Å². The van der Waals surface area contributed by atoms with Gasteiger partial charge in [-0.1, -0.05) is 44.2 Å². The number of nitrogens with zero attached hydrogens (tertiary/aromatic N) is 1. The molecule has 4 rings (SSSR count). The minimum atomic E-state index is -1.08. The molecular formula is C22H26NO4S-. The molecule has 0 radical (unpaired) electrons. The quantitative estimate of drug-likeness (QED) is 0.822. The lowest BCUT2D eigenvalue weighted by Gasteiger charge is -2.58. The first kappa shape index (κ1) is 19.6. The largest absolute Gasteiger partial charge is 0.550 e. The Balaban J connectivity index is 1.85. The third-order valence-corrected chi connectivity index (χ3v) is 8.43. The van der Waals surface area contributed by atoms with Crippen molar-refractivity contribution in [3.63, 3.8) is 0 Å². The van der Waals surface area contributed by atoms with Crippen LogP contribution in [0, 0.1) is 16.7 Å². The van der Waals surface area contributed by atoms with Gasteiger partial charge in [0.05, 0.1) is 18.4 Å². The van der Waals surface area contributed by atoms with Crippen molar-refractivity contribution in [1.82, 2.24) is 4.98 Å². The standard InChI is InChI=1S/C22H27NO4S/c1-21-9-8-17(25)22(2,12-24)16(21)11-15-19(14(21)10-18(26)27)23-20(28-15)13-6-4-3-5-7-13/h3-7,14,16-17,24-25H,8-12H2,1-2H3,(H,26,27)/p-1/t14-,16+,17-,21+,22+/m1/s1. The van der Waals surface area contributed by atoms with Gasteiger partial charge < -0.3 is 20.1 Å². The molecule has 2 aromatic rings. The molecule has 0 unspecified atom stereocenters. The van der Waals surface area contributed by atoms with Crippen molar-refractivity contribution < 1.29 is 20.1 Å². The summed E-state index contributed by atoms with van der Waals surface area (Å²) in [5.74, 6) is -1.38. The van der Waals surface area contributed by atoms with E-state index in [4.69, 9.17) is 4.98 Å². The molecule has 150 valence electrons. The van der Waals surface area contributed by atoms with Gasteiger partial charge in [-0.15, -0.1) is 11.3 Å². The summed E-state index contributed by atoms with van der Waals surface area (Å²) in [5.41, 5.74) is 0.869. The monoisotopic (exact) mass is 400 g/mol. The molecule has 1 saturated carbocycles. The number of aliphatic carboxylic acids is 1. The van der Waals surface area contributed by atoms with E-state index in [-0.39, 0.29) is 30.3 Å². The van der Waals surface area contributed by atoms with E-state index < -0.39 is 17.5 Å². The van der Waals surface area contributed by atoms with Crippen LogP contribution in [0.3, 0.4) is 0 Å². The highest BCUT2D eigenvalue weighted by Gasteiger charge is 2.58. The van der Waals surface area contributed by atoms with E-state index in [1.807, 2.05) is 37.3 Å². The number of fused-ring (bicyclic) bond motifs is 2. The number of rotatable bonds is 4. The van der Waals surface area contributed by atoms with Crippen LogP contribution < -0.4 is 5.11 Å². The minimum Gasteiger partial charge on any atom is -0.550 e. The van der Waals surface area contributed by atoms with Crippen LogP contribution in [-0.2, 0) is 11.2 Å². The molecule has 0 bridgehead atoms. The molecular weight excluding hydrogens is 374 g/mol. The summed E-state index contributed by atoms with van der Waals surface area (Å²) >= 11 is 1.60. The summed E-state index contributed by atoms with van der Waals surface area (Å²) in [6.45, 7) is 3.92. The first-order valence-corrected chi connectivity index (χ1v) is 10.6. The number of benzene rings is 1. The van der Waals surface area contributed by atoms with Crippen LogP contribution >= 0.6 is 11.3 Å². The Morgan fingerprint density at radius 2 is 2.04 bits per heavy atom. The van der Waals surface area contributed by atoms with Crippen molar-refractivity contribution in [3.05, 3.63) is 40.9 Å². The second-order valence-electron chi connectivity index (χ2n) is 8.80. The molecule has 5 nitrogen and oxygen atoms in total. The molecule has 28 heavy (non-hydrogen) atoms. The summed E-state index contributed by atoms with van der Waals surface area (Å²) in [7, 11) is 0. The van der Waals surface area contributed by atoms with Gasteiger partial charge in [-0.2, -0.15) is 0 Å². The molecule has 1 aromatic carbocycles. The molecule has 1 aromatic heterocycles. The highest BCUT2D eigenvalue weighted by molar-refractivity contribution is 7.15. The van der Waals surface area contributed by atoms with Crippen LogP contribution in [0.25, 0.3) is 10.6 Å². The van der Waals surface area contributed by atoms with Crippen molar-refractivity contribution in [2.75, 3.05) is 6.61 Å². The van der Waals surface area contributed by atoms with E-state index in [1.165, 1.54) is 0 Å². The molecule has 0 amide bonds. The van der Waals surface area contributed by atoms with Gasteiger partial charge in [-0.05, 0) is 37.0 Å². The fourth-order valence-corrected chi connectivity index (χ4v) is 6.69. The van der Waals surface area contributed by atoms with Gasteiger partial charge in [-0.25, -0.2) is 4.98 Å². The number of aliphatic hydroxyl groups excluding tert-OH is 2. The van der Waals surface area contributed by atoms with Crippen LogP contribution in [0.4, 0.5) is 0 Å². The van der Waals surface area contributed by atoms with E-state index >= 15 is 0 Å². The van der Waals surface area contributed by atoms with Crippen LogP contribution in [0.1, 0.15) is 49.6 Å².